The molecule has 0 amide bonds. The molecule has 0 saturated heterocycles. The Kier molecular flexibility index (Phi) is 3.78. The van der Waals surface area contributed by atoms with Gasteiger partial charge in [0.25, 0.3) is 14.2 Å². The fraction of sp³-hybridized carbons (Fsp3) is 0.778. The number of halogens is 4. The van der Waals surface area contributed by atoms with Crippen molar-refractivity contribution >= 4 is 19.7 Å². The molecule has 0 bridgehead atoms. The molecule has 1 heterocycles. The molecule has 0 radical (unpaired) electrons. The first-order valence-electron chi connectivity index (χ1n) is 5.61. The molecule has 0 spiro atoms. The van der Waals surface area contributed by atoms with Crippen LogP contribution in [0, 0.1) is 5.92 Å². The van der Waals surface area contributed by atoms with Crippen LogP contribution in [0.3, 0.4) is 0 Å². The number of rotatable bonds is 2. The van der Waals surface area contributed by atoms with Gasteiger partial charge < -0.3 is 0 Å². The smallest absolute Gasteiger partial charge is 0.262 e. The minimum Gasteiger partial charge on any atom is -0.262 e. The lowest BCUT2D eigenvalue weighted by molar-refractivity contribution is -0.183. The fourth-order valence-electron chi connectivity index (χ4n) is 2.29. The lowest BCUT2D eigenvalue weighted by Gasteiger charge is -2.29. The molecule has 19 heavy (non-hydrogen) atoms. The van der Waals surface area contributed by atoms with Crippen LogP contribution in [0.1, 0.15) is 37.4 Å². The van der Waals surface area contributed by atoms with E-state index in [1.165, 1.54) is 0 Å². The van der Waals surface area contributed by atoms with E-state index in [4.69, 9.17) is 10.7 Å². The second-order valence-corrected chi connectivity index (χ2v) is 7.00. The van der Waals surface area contributed by atoms with Crippen molar-refractivity contribution in [2.45, 2.75) is 42.9 Å². The predicted molar refractivity (Wildman–Crippen MR) is 60.2 cm³/mol. The Morgan fingerprint density at radius 3 is 2.53 bits per heavy atom. The molecule has 1 aromatic rings. The number of nitrogens with zero attached hydrogens (tertiary/aromatic N) is 2. The van der Waals surface area contributed by atoms with E-state index in [1.807, 2.05) is 0 Å². The van der Waals surface area contributed by atoms with Crippen LogP contribution < -0.4 is 0 Å². The van der Waals surface area contributed by atoms with Gasteiger partial charge in [-0.05, 0) is 19.3 Å². The first kappa shape index (κ1) is 14.6. The highest BCUT2D eigenvalue weighted by Crippen LogP contribution is 2.42. The van der Waals surface area contributed by atoms with E-state index in [0.717, 1.165) is 0 Å². The van der Waals surface area contributed by atoms with Crippen LogP contribution in [0.15, 0.2) is 5.16 Å². The van der Waals surface area contributed by atoms with Crippen molar-refractivity contribution < 1.29 is 21.6 Å². The zero-order chi connectivity index (χ0) is 14.3. The third-order valence-corrected chi connectivity index (χ3v) is 4.26. The summed E-state index contributed by atoms with van der Waals surface area (Å²) in [6.07, 6.45) is -3.32. The molecule has 2 atom stereocenters. The Hall–Kier alpha value is -0.830. The Bertz CT molecular complexity index is 557. The summed E-state index contributed by atoms with van der Waals surface area (Å²) in [5.74, 6) is -1.71. The third-order valence-electron chi connectivity index (χ3n) is 3.22. The van der Waals surface area contributed by atoms with Crippen LogP contribution in [-0.4, -0.2) is 29.8 Å². The molecule has 1 aliphatic carbocycles. The van der Waals surface area contributed by atoms with Crippen molar-refractivity contribution in [1.29, 1.82) is 0 Å². The molecule has 2 rings (SSSR count). The number of hydrogen-bond donors (Lipinski definition) is 1. The SMILES string of the molecule is O=S(=O)(Cl)c1n[nH]c(C2CCCC(C(F)(F)F)C2)n1. The molecule has 10 heteroatoms. The largest absolute Gasteiger partial charge is 0.391 e. The highest BCUT2D eigenvalue weighted by atomic mass is 35.7. The molecule has 1 saturated carbocycles. The maximum absolute atomic E-state index is 12.7. The Morgan fingerprint density at radius 2 is 2.00 bits per heavy atom. The number of hydrogen-bond acceptors (Lipinski definition) is 4. The van der Waals surface area contributed by atoms with Crippen molar-refractivity contribution in [3.05, 3.63) is 5.82 Å². The van der Waals surface area contributed by atoms with Crippen molar-refractivity contribution in [3.8, 4) is 0 Å². The van der Waals surface area contributed by atoms with E-state index in [2.05, 4.69) is 15.2 Å². The number of alkyl halides is 3. The summed E-state index contributed by atoms with van der Waals surface area (Å²) in [6, 6.07) is 0. The van der Waals surface area contributed by atoms with E-state index in [9.17, 15) is 21.6 Å². The molecule has 2 unspecified atom stereocenters. The average molecular weight is 318 g/mol. The van der Waals surface area contributed by atoms with E-state index in [1.54, 1.807) is 0 Å². The van der Waals surface area contributed by atoms with Gasteiger partial charge in [-0.3, -0.25) is 5.10 Å². The molecule has 1 aliphatic rings. The summed E-state index contributed by atoms with van der Waals surface area (Å²) >= 11 is 0. The highest BCUT2D eigenvalue weighted by molar-refractivity contribution is 8.13. The summed E-state index contributed by atoms with van der Waals surface area (Å²) in [5.41, 5.74) is 0. The number of aromatic amines is 1. The molecule has 1 fully saturated rings. The monoisotopic (exact) mass is 317 g/mol. The van der Waals surface area contributed by atoms with Crippen molar-refractivity contribution in [1.82, 2.24) is 15.2 Å². The van der Waals surface area contributed by atoms with Crippen molar-refractivity contribution in [2.75, 3.05) is 0 Å². The molecule has 1 aromatic heterocycles. The molecular weight excluding hydrogens is 307 g/mol. The zero-order valence-corrected chi connectivity index (χ0v) is 11.2. The lowest BCUT2D eigenvalue weighted by atomic mass is 9.81. The van der Waals surface area contributed by atoms with Crippen LogP contribution >= 0.6 is 10.7 Å². The van der Waals surface area contributed by atoms with Gasteiger partial charge in [-0.2, -0.15) is 13.2 Å². The second kappa shape index (κ2) is 4.93. The Labute approximate surface area is 112 Å². The fourth-order valence-corrected chi connectivity index (χ4v) is 2.85. The van der Waals surface area contributed by atoms with Gasteiger partial charge in [0.1, 0.15) is 5.82 Å². The maximum Gasteiger partial charge on any atom is 0.391 e. The second-order valence-electron chi connectivity index (χ2n) is 4.54. The van der Waals surface area contributed by atoms with Gasteiger partial charge in [0.05, 0.1) is 5.92 Å². The van der Waals surface area contributed by atoms with Crippen LogP contribution in [-0.2, 0) is 9.05 Å². The van der Waals surface area contributed by atoms with Crippen LogP contribution in [0.25, 0.3) is 0 Å². The summed E-state index contributed by atoms with van der Waals surface area (Å²) < 4.78 is 60.0. The summed E-state index contributed by atoms with van der Waals surface area (Å²) in [4.78, 5) is 3.67. The highest BCUT2D eigenvalue weighted by Gasteiger charge is 2.43. The molecule has 1 N–H and O–H groups in total. The van der Waals surface area contributed by atoms with Gasteiger partial charge in [-0.15, -0.1) is 5.10 Å². The average Bonchev–Trinajstić information content (AvgIpc) is 2.77. The van der Waals surface area contributed by atoms with E-state index in [-0.39, 0.29) is 18.7 Å². The normalized spacial score (nSPS) is 25.5. The van der Waals surface area contributed by atoms with Crippen LogP contribution in [0.5, 0.6) is 0 Å². The number of nitrogens with one attached hydrogen (secondary N) is 1. The summed E-state index contributed by atoms with van der Waals surface area (Å²) in [7, 11) is 0.993. The van der Waals surface area contributed by atoms with E-state index in [0.29, 0.717) is 12.8 Å². The van der Waals surface area contributed by atoms with Gasteiger partial charge >= 0.3 is 6.18 Å². The topological polar surface area (TPSA) is 75.7 Å². The Balaban J connectivity index is 2.16. The zero-order valence-electron chi connectivity index (χ0n) is 9.61. The third kappa shape index (κ3) is 3.38. The first-order chi connectivity index (χ1) is 8.68. The molecule has 108 valence electrons. The van der Waals surface area contributed by atoms with Gasteiger partial charge in [0.2, 0.25) is 0 Å². The standard InChI is InChI=1S/C9H11ClF3N3O2S/c10-19(17,18)8-14-7(15-16-8)5-2-1-3-6(4-5)9(11,12)13/h5-6H,1-4H2,(H,14,15,16). The molecule has 0 aliphatic heterocycles. The molecule has 5 nitrogen and oxygen atoms in total. The van der Waals surface area contributed by atoms with Crippen LogP contribution in [0.4, 0.5) is 13.2 Å². The molecule has 0 aromatic carbocycles. The van der Waals surface area contributed by atoms with E-state index < -0.39 is 32.2 Å². The van der Waals surface area contributed by atoms with E-state index >= 15 is 0 Å². The Morgan fingerprint density at radius 1 is 1.32 bits per heavy atom. The maximum atomic E-state index is 12.7. The van der Waals surface area contributed by atoms with Crippen molar-refractivity contribution in [2.24, 2.45) is 5.92 Å². The van der Waals surface area contributed by atoms with Gasteiger partial charge in [-0.25, -0.2) is 13.4 Å². The quantitative estimate of drug-likeness (QED) is 0.851. The first-order valence-corrected chi connectivity index (χ1v) is 7.92. The minimum absolute atomic E-state index is 0.0921. The number of aromatic nitrogens is 3. The predicted octanol–water partition coefficient (Wildman–Crippen LogP) is 2.57. The summed E-state index contributed by atoms with van der Waals surface area (Å²) in [5, 5.41) is 5.18. The van der Waals surface area contributed by atoms with Crippen molar-refractivity contribution in [3.63, 3.8) is 0 Å². The summed E-state index contributed by atoms with van der Waals surface area (Å²) in [6.45, 7) is 0. The van der Waals surface area contributed by atoms with Crippen LogP contribution in [0.2, 0.25) is 0 Å². The van der Waals surface area contributed by atoms with Gasteiger partial charge in [0, 0.05) is 16.6 Å². The van der Waals surface area contributed by atoms with Gasteiger partial charge in [0.15, 0.2) is 0 Å². The lowest BCUT2D eigenvalue weighted by Crippen LogP contribution is -2.28. The van der Waals surface area contributed by atoms with Gasteiger partial charge in [-0.1, -0.05) is 6.42 Å². The minimum atomic E-state index is -4.24. The molecular formula is C9H11ClF3N3O2S. The number of H-pyrrole nitrogens is 1.